The van der Waals surface area contributed by atoms with Crippen LogP contribution >= 0.6 is 0 Å². The standard InChI is InChI=1S/C12H22N2O/c1-7-9-14(8-2)10(15)11(3,4)12(5,6)13/h1H,8-9,13H2,2-6H3. The summed E-state index contributed by atoms with van der Waals surface area (Å²) < 4.78 is 0. The van der Waals surface area contributed by atoms with Crippen LogP contribution in [0.3, 0.4) is 0 Å². The van der Waals surface area contributed by atoms with E-state index < -0.39 is 11.0 Å². The zero-order valence-electron chi connectivity index (χ0n) is 10.4. The van der Waals surface area contributed by atoms with Crippen molar-refractivity contribution < 1.29 is 4.79 Å². The fraction of sp³-hybridized carbons (Fsp3) is 0.750. The van der Waals surface area contributed by atoms with Crippen molar-refractivity contribution in [3.05, 3.63) is 0 Å². The molecule has 0 radical (unpaired) electrons. The van der Waals surface area contributed by atoms with Gasteiger partial charge in [-0.3, -0.25) is 4.79 Å². The molecule has 86 valence electrons. The van der Waals surface area contributed by atoms with Crippen LogP contribution in [-0.4, -0.2) is 29.4 Å². The smallest absolute Gasteiger partial charge is 0.230 e. The molecule has 0 aliphatic heterocycles. The van der Waals surface area contributed by atoms with Crippen molar-refractivity contribution in [2.24, 2.45) is 11.1 Å². The van der Waals surface area contributed by atoms with Crippen LogP contribution in [0.15, 0.2) is 0 Å². The molecule has 0 saturated heterocycles. The van der Waals surface area contributed by atoms with Crippen LogP contribution in [0.5, 0.6) is 0 Å². The lowest BCUT2D eigenvalue weighted by Gasteiger charge is -2.40. The second kappa shape index (κ2) is 4.67. The molecule has 0 aromatic rings. The van der Waals surface area contributed by atoms with E-state index in [1.165, 1.54) is 0 Å². The zero-order chi connectivity index (χ0) is 12.3. The van der Waals surface area contributed by atoms with Crippen molar-refractivity contribution in [1.29, 1.82) is 0 Å². The first-order chi connectivity index (χ1) is 6.68. The molecule has 0 aromatic heterocycles. The van der Waals surface area contributed by atoms with Crippen molar-refractivity contribution >= 4 is 5.91 Å². The van der Waals surface area contributed by atoms with Crippen LogP contribution in [0.4, 0.5) is 0 Å². The number of hydrogen-bond acceptors (Lipinski definition) is 2. The molecule has 0 fully saturated rings. The lowest BCUT2D eigenvalue weighted by Crippen LogP contribution is -2.56. The molecule has 0 aromatic carbocycles. The van der Waals surface area contributed by atoms with Crippen molar-refractivity contribution in [3.63, 3.8) is 0 Å². The third-order valence-electron chi connectivity index (χ3n) is 3.10. The zero-order valence-corrected chi connectivity index (χ0v) is 10.4. The maximum absolute atomic E-state index is 12.2. The summed E-state index contributed by atoms with van der Waals surface area (Å²) in [6, 6.07) is 0. The minimum Gasteiger partial charge on any atom is -0.331 e. The average molecular weight is 210 g/mol. The number of nitrogens with two attached hydrogens (primary N) is 1. The van der Waals surface area contributed by atoms with Gasteiger partial charge in [-0.05, 0) is 34.6 Å². The summed E-state index contributed by atoms with van der Waals surface area (Å²) >= 11 is 0. The monoisotopic (exact) mass is 210 g/mol. The molecule has 0 atom stereocenters. The predicted octanol–water partition coefficient (Wildman–Crippen LogP) is 1.23. The highest BCUT2D eigenvalue weighted by Gasteiger charge is 2.42. The van der Waals surface area contributed by atoms with E-state index in [1.807, 2.05) is 34.6 Å². The van der Waals surface area contributed by atoms with Gasteiger partial charge in [0.2, 0.25) is 5.91 Å². The second-order valence-electron chi connectivity index (χ2n) is 4.87. The SMILES string of the molecule is C#CCN(CC)C(=O)C(C)(C)C(C)(C)N. The highest BCUT2D eigenvalue weighted by atomic mass is 16.2. The first-order valence-electron chi connectivity index (χ1n) is 5.20. The van der Waals surface area contributed by atoms with Crippen LogP contribution < -0.4 is 5.73 Å². The van der Waals surface area contributed by atoms with Gasteiger partial charge >= 0.3 is 0 Å². The van der Waals surface area contributed by atoms with Crippen molar-refractivity contribution in [2.75, 3.05) is 13.1 Å². The maximum atomic E-state index is 12.2. The third kappa shape index (κ3) is 2.97. The van der Waals surface area contributed by atoms with Crippen LogP contribution in [0.25, 0.3) is 0 Å². The van der Waals surface area contributed by atoms with Gasteiger partial charge in [-0.15, -0.1) is 6.42 Å². The van der Waals surface area contributed by atoms with Crippen LogP contribution in [0, 0.1) is 17.8 Å². The molecule has 15 heavy (non-hydrogen) atoms. The van der Waals surface area contributed by atoms with E-state index in [1.54, 1.807) is 4.90 Å². The lowest BCUT2D eigenvalue weighted by atomic mass is 9.74. The van der Waals surface area contributed by atoms with Gasteiger partial charge in [0.25, 0.3) is 0 Å². The summed E-state index contributed by atoms with van der Waals surface area (Å²) in [5.41, 5.74) is 4.83. The quantitative estimate of drug-likeness (QED) is 0.709. The van der Waals surface area contributed by atoms with Gasteiger partial charge in [0.05, 0.1) is 12.0 Å². The Kier molecular flexibility index (Phi) is 4.36. The number of amides is 1. The van der Waals surface area contributed by atoms with Gasteiger partial charge in [0.15, 0.2) is 0 Å². The Morgan fingerprint density at radius 1 is 1.40 bits per heavy atom. The Hall–Kier alpha value is -1.01. The molecular formula is C12H22N2O. The van der Waals surface area contributed by atoms with Gasteiger partial charge in [-0.2, -0.15) is 0 Å². The highest BCUT2D eigenvalue weighted by Crippen LogP contribution is 2.30. The molecule has 0 aliphatic rings. The lowest BCUT2D eigenvalue weighted by molar-refractivity contribution is -0.142. The number of carbonyl (C=O) groups excluding carboxylic acids is 1. The Balaban J connectivity index is 4.91. The molecule has 3 heteroatoms. The fourth-order valence-electron chi connectivity index (χ4n) is 1.11. The second-order valence-corrected chi connectivity index (χ2v) is 4.87. The Morgan fingerprint density at radius 3 is 2.13 bits per heavy atom. The summed E-state index contributed by atoms with van der Waals surface area (Å²) in [5.74, 6) is 2.50. The summed E-state index contributed by atoms with van der Waals surface area (Å²) in [4.78, 5) is 13.8. The fourth-order valence-corrected chi connectivity index (χ4v) is 1.11. The van der Waals surface area contributed by atoms with Gasteiger partial charge in [-0.1, -0.05) is 5.92 Å². The molecule has 0 aliphatic carbocycles. The van der Waals surface area contributed by atoms with E-state index in [0.717, 1.165) is 0 Å². The van der Waals surface area contributed by atoms with E-state index in [4.69, 9.17) is 12.2 Å². The number of hydrogen-bond donors (Lipinski definition) is 1. The number of carbonyl (C=O) groups is 1. The maximum Gasteiger partial charge on any atom is 0.230 e. The van der Waals surface area contributed by atoms with E-state index in [9.17, 15) is 4.79 Å². The molecule has 0 rings (SSSR count). The Morgan fingerprint density at radius 2 is 1.87 bits per heavy atom. The molecule has 0 saturated carbocycles. The van der Waals surface area contributed by atoms with Gasteiger partial charge in [-0.25, -0.2) is 0 Å². The van der Waals surface area contributed by atoms with E-state index >= 15 is 0 Å². The third-order valence-corrected chi connectivity index (χ3v) is 3.10. The highest BCUT2D eigenvalue weighted by molar-refractivity contribution is 5.83. The van der Waals surface area contributed by atoms with E-state index in [0.29, 0.717) is 13.1 Å². The van der Waals surface area contributed by atoms with Crippen molar-refractivity contribution in [3.8, 4) is 12.3 Å². The molecule has 0 bridgehead atoms. The predicted molar refractivity (Wildman–Crippen MR) is 63.1 cm³/mol. The first-order valence-corrected chi connectivity index (χ1v) is 5.20. The molecule has 2 N–H and O–H groups in total. The topological polar surface area (TPSA) is 46.3 Å². The summed E-state index contributed by atoms with van der Waals surface area (Å²) in [6.45, 7) is 10.3. The molecule has 0 unspecified atom stereocenters. The summed E-state index contributed by atoms with van der Waals surface area (Å²) in [5, 5.41) is 0. The van der Waals surface area contributed by atoms with Crippen LogP contribution in [-0.2, 0) is 4.79 Å². The minimum absolute atomic E-state index is 0.00968. The largest absolute Gasteiger partial charge is 0.331 e. The Labute approximate surface area is 93.0 Å². The number of nitrogens with zero attached hydrogens (tertiary/aromatic N) is 1. The van der Waals surface area contributed by atoms with Crippen LogP contribution in [0.2, 0.25) is 0 Å². The van der Waals surface area contributed by atoms with Crippen molar-refractivity contribution in [1.82, 2.24) is 4.90 Å². The Bertz CT molecular complexity index is 268. The molecule has 0 heterocycles. The van der Waals surface area contributed by atoms with Crippen molar-refractivity contribution in [2.45, 2.75) is 40.2 Å². The molecule has 0 spiro atoms. The van der Waals surface area contributed by atoms with Gasteiger partial charge in [0.1, 0.15) is 0 Å². The minimum atomic E-state index is -0.611. The molecule has 1 amide bonds. The average Bonchev–Trinajstić information content (AvgIpc) is 2.11. The summed E-state index contributed by atoms with van der Waals surface area (Å²) in [6.07, 6.45) is 5.22. The van der Waals surface area contributed by atoms with E-state index in [-0.39, 0.29) is 5.91 Å². The molecule has 3 nitrogen and oxygen atoms in total. The number of rotatable bonds is 4. The van der Waals surface area contributed by atoms with Gasteiger partial charge < -0.3 is 10.6 Å². The first kappa shape index (κ1) is 14.0. The van der Waals surface area contributed by atoms with Gasteiger partial charge in [0, 0.05) is 12.1 Å². The normalized spacial score (nSPS) is 12.1. The van der Waals surface area contributed by atoms with E-state index in [2.05, 4.69) is 5.92 Å². The summed E-state index contributed by atoms with van der Waals surface area (Å²) in [7, 11) is 0. The number of terminal acetylenes is 1. The molecular weight excluding hydrogens is 188 g/mol. The van der Waals surface area contributed by atoms with Crippen LogP contribution in [0.1, 0.15) is 34.6 Å².